The SMILES string of the molecule is COc1cn(-c2ccccc2)nc1C(=O)NC(C)c1ccccc1. The van der Waals surface area contributed by atoms with Gasteiger partial charge in [0.15, 0.2) is 11.4 Å². The van der Waals surface area contributed by atoms with E-state index in [4.69, 9.17) is 4.74 Å². The molecule has 0 saturated heterocycles. The average molecular weight is 321 g/mol. The number of amides is 1. The highest BCUT2D eigenvalue weighted by atomic mass is 16.5. The molecule has 122 valence electrons. The van der Waals surface area contributed by atoms with Gasteiger partial charge in [-0.2, -0.15) is 5.10 Å². The minimum absolute atomic E-state index is 0.120. The van der Waals surface area contributed by atoms with Crippen molar-refractivity contribution in [3.05, 3.63) is 78.1 Å². The monoisotopic (exact) mass is 321 g/mol. The molecule has 5 heteroatoms. The number of carbonyl (C=O) groups is 1. The summed E-state index contributed by atoms with van der Waals surface area (Å²) in [5.74, 6) is 0.175. The van der Waals surface area contributed by atoms with E-state index in [1.165, 1.54) is 7.11 Å². The Balaban J connectivity index is 1.83. The van der Waals surface area contributed by atoms with Crippen LogP contribution in [0.3, 0.4) is 0 Å². The Hall–Kier alpha value is -3.08. The van der Waals surface area contributed by atoms with Gasteiger partial charge in [0, 0.05) is 0 Å². The van der Waals surface area contributed by atoms with Crippen LogP contribution in [0.1, 0.15) is 29.0 Å². The highest BCUT2D eigenvalue weighted by molar-refractivity contribution is 5.95. The Bertz CT molecular complexity index is 813. The van der Waals surface area contributed by atoms with Gasteiger partial charge in [0.25, 0.3) is 5.91 Å². The molecule has 24 heavy (non-hydrogen) atoms. The maximum atomic E-state index is 12.6. The molecule has 0 aliphatic heterocycles. The van der Waals surface area contributed by atoms with E-state index in [0.717, 1.165) is 11.3 Å². The van der Waals surface area contributed by atoms with Crippen molar-refractivity contribution in [1.29, 1.82) is 0 Å². The van der Waals surface area contributed by atoms with Crippen molar-refractivity contribution < 1.29 is 9.53 Å². The van der Waals surface area contributed by atoms with Crippen LogP contribution in [-0.2, 0) is 0 Å². The van der Waals surface area contributed by atoms with Gasteiger partial charge in [0.1, 0.15) is 0 Å². The number of hydrogen-bond donors (Lipinski definition) is 1. The molecule has 1 heterocycles. The second kappa shape index (κ2) is 7.00. The summed E-state index contributed by atoms with van der Waals surface area (Å²) in [6.45, 7) is 1.94. The maximum absolute atomic E-state index is 12.6. The largest absolute Gasteiger partial charge is 0.493 e. The van der Waals surface area contributed by atoms with Crippen molar-refractivity contribution in [2.24, 2.45) is 0 Å². The number of ether oxygens (including phenoxy) is 1. The molecule has 0 fully saturated rings. The molecule has 1 amide bonds. The van der Waals surface area contributed by atoms with E-state index >= 15 is 0 Å². The summed E-state index contributed by atoms with van der Waals surface area (Å²) in [7, 11) is 1.53. The Morgan fingerprint density at radius 1 is 1.08 bits per heavy atom. The van der Waals surface area contributed by atoms with E-state index in [1.807, 2.05) is 67.6 Å². The molecule has 0 aliphatic carbocycles. The third-order valence-electron chi connectivity index (χ3n) is 3.78. The molecule has 1 unspecified atom stereocenters. The van der Waals surface area contributed by atoms with Gasteiger partial charge >= 0.3 is 0 Å². The molecule has 3 rings (SSSR count). The summed E-state index contributed by atoms with van der Waals surface area (Å²) >= 11 is 0. The second-order valence-electron chi connectivity index (χ2n) is 5.43. The topological polar surface area (TPSA) is 56.2 Å². The van der Waals surface area contributed by atoms with Crippen molar-refractivity contribution in [3.8, 4) is 11.4 Å². The fourth-order valence-electron chi connectivity index (χ4n) is 2.47. The third-order valence-corrected chi connectivity index (χ3v) is 3.78. The van der Waals surface area contributed by atoms with Crippen molar-refractivity contribution >= 4 is 5.91 Å². The van der Waals surface area contributed by atoms with Gasteiger partial charge in [-0.3, -0.25) is 4.79 Å². The number of carbonyl (C=O) groups excluding carboxylic acids is 1. The maximum Gasteiger partial charge on any atom is 0.276 e. The number of para-hydroxylation sites is 1. The highest BCUT2D eigenvalue weighted by Gasteiger charge is 2.20. The summed E-state index contributed by atoms with van der Waals surface area (Å²) in [4.78, 5) is 12.6. The van der Waals surface area contributed by atoms with Gasteiger partial charge in [-0.1, -0.05) is 48.5 Å². The lowest BCUT2D eigenvalue weighted by Crippen LogP contribution is -2.27. The Labute approximate surface area is 140 Å². The van der Waals surface area contributed by atoms with Gasteiger partial charge in [-0.15, -0.1) is 0 Å². The fourth-order valence-corrected chi connectivity index (χ4v) is 2.47. The summed E-state index contributed by atoms with van der Waals surface area (Å²) in [5.41, 5.74) is 2.17. The lowest BCUT2D eigenvalue weighted by molar-refractivity contribution is 0.0931. The van der Waals surface area contributed by atoms with Crippen LogP contribution in [0.5, 0.6) is 5.75 Å². The van der Waals surface area contributed by atoms with Crippen molar-refractivity contribution in [2.75, 3.05) is 7.11 Å². The van der Waals surface area contributed by atoms with E-state index < -0.39 is 0 Å². The van der Waals surface area contributed by atoms with Crippen molar-refractivity contribution in [3.63, 3.8) is 0 Å². The molecule has 5 nitrogen and oxygen atoms in total. The first-order valence-corrected chi connectivity index (χ1v) is 7.74. The number of methoxy groups -OCH3 is 1. The van der Waals surface area contributed by atoms with Crippen LogP contribution in [-0.4, -0.2) is 22.8 Å². The zero-order chi connectivity index (χ0) is 16.9. The normalized spacial score (nSPS) is 11.8. The quantitative estimate of drug-likeness (QED) is 0.784. The average Bonchev–Trinajstić information content (AvgIpc) is 3.08. The number of rotatable bonds is 5. The molecule has 0 bridgehead atoms. The fraction of sp³-hybridized carbons (Fsp3) is 0.158. The summed E-state index contributed by atoms with van der Waals surface area (Å²) < 4.78 is 6.95. The molecular weight excluding hydrogens is 302 g/mol. The molecule has 3 aromatic rings. The molecule has 0 saturated carbocycles. The Kier molecular flexibility index (Phi) is 4.61. The second-order valence-corrected chi connectivity index (χ2v) is 5.43. The Morgan fingerprint density at radius 3 is 2.33 bits per heavy atom. The van der Waals surface area contributed by atoms with Crippen LogP contribution < -0.4 is 10.1 Å². The van der Waals surface area contributed by atoms with Crippen LogP contribution in [0.25, 0.3) is 5.69 Å². The van der Waals surface area contributed by atoms with Crippen LogP contribution in [0.15, 0.2) is 66.9 Å². The zero-order valence-electron chi connectivity index (χ0n) is 13.6. The first kappa shape index (κ1) is 15.8. The summed E-state index contributed by atoms with van der Waals surface area (Å²) in [6, 6.07) is 19.3. The van der Waals surface area contributed by atoms with Crippen LogP contribution >= 0.6 is 0 Å². The number of benzene rings is 2. The van der Waals surface area contributed by atoms with Gasteiger partial charge in [-0.25, -0.2) is 4.68 Å². The van der Waals surface area contributed by atoms with Crippen molar-refractivity contribution in [2.45, 2.75) is 13.0 Å². The summed E-state index contributed by atoms with van der Waals surface area (Å²) in [5, 5.41) is 7.33. The van der Waals surface area contributed by atoms with E-state index in [1.54, 1.807) is 10.9 Å². The van der Waals surface area contributed by atoms with E-state index in [9.17, 15) is 4.79 Å². The smallest absolute Gasteiger partial charge is 0.276 e. The molecule has 1 N–H and O–H groups in total. The highest BCUT2D eigenvalue weighted by Crippen LogP contribution is 2.20. The number of nitrogens with zero attached hydrogens (tertiary/aromatic N) is 2. The minimum Gasteiger partial charge on any atom is -0.493 e. The van der Waals surface area contributed by atoms with Crippen LogP contribution in [0, 0.1) is 0 Å². The van der Waals surface area contributed by atoms with Gasteiger partial charge in [0.2, 0.25) is 0 Å². The molecule has 0 radical (unpaired) electrons. The Morgan fingerprint density at radius 2 is 1.71 bits per heavy atom. The third kappa shape index (κ3) is 3.30. The van der Waals surface area contributed by atoms with Gasteiger partial charge in [-0.05, 0) is 24.6 Å². The molecule has 0 aliphatic rings. The molecule has 2 aromatic carbocycles. The molecule has 1 atom stereocenters. The van der Waals surface area contributed by atoms with E-state index in [0.29, 0.717) is 5.75 Å². The van der Waals surface area contributed by atoms with Crippen LogP contribution in [0.4, 0.5) is 0 Å². The molecule has 1 aromatic heterocycles. The lowest BCUT2D eigenvalue weighted by Gasteiger charge is -2.13. The standard InChI is InChI=1S/C19H19N3O2/c1-14(15-9-5-3-6-10-15)20-19(23)18-17(24-2)13-22(21-18)16-11-7-4-8-12-16/h3-14H,1-2H3,(H,20,23). The van der Waals surface area contributed by atoms with E-state index in [2.05, 4.69) is 10.4 Å². The van der Waals surface area contributed by atoms with E-state index in [-0.39, 0.29) is 17.6 Å². The number of aromatic nitrogens is 2. The number of nitrogens with one attached hydrogen (secondary N) is 1. The predicted molar refractivity (Wildman–Crippen MR) is 92.4 cm³/mol. The summed E-state index contributed by atoms with van der Waals surface area (Å²) in [6.07, 6.45) is 1.71. The number of hydrogen-bond acceptors (Lipinski definition) is 3. The van der Waals surface area contributed by atoms with Crippen molar-refractivity contribution in [1.82, 2.24) is 15.1 Å². The molecular formula is C19H19N3O2. The van der Waals surface area contributed by atoms with Gasteiger partial charge in [0.05, 0.1) is 25.0 Å². The van der Waals surface area contributed by atoms with Gasteiger partial charge < -0.3 is 10.1 Å². The molecule has 0 spiro atoms. The minimum atomic E-state index is -0.266. The zero-order valence-corrected chi connectivity index (χ0v) is 13.6. The first-order chi connectivity index (χ1) is 11.7. The first-order valence-electron chi connectivity index (χ1n) is 7.74. The van der Waals surface area contributed by atoms with Crippen LogP contribution in [0.2, 0.25) is 0 Å². The predicted octanol–water partition coefficient (Wildman–Crippen LogP) is 3.37. The lowest BCUT2D eigenvalue weighted by atomic mass is 10.1.